The highest BCUT2D eigenvalue weighted by Crippen LogP contribution is 2.32. The van der Waals surface area contributed by atoms with E-state index in [1.165, 1.54) is 11.8 Å². The first kappa shape index (κ1) is 22.8. The molecule has 0 spiro atoms. The second kappa shape index (κ2) is 10.0. The van der Waals surface area contributed by atoms with Crippen LogP contribution >= 0.6 is 27.7 Å². The van der Waals surface area contributed by atoms with Crippen LogP contribution in [0.15, 0.2) is 58.0 Å². The number of nitrogens with zero attached hydrogens (tertiary/aromatic N) is 2. The number of amidine groups is 2. The fraction of sp³-hybridized carbons (Fsp3) is 0.318. The summed E-state index contributed by atoms with van der Waals surface area (Å²) in [5.41, 5.74) is 7.88. The molecular weight excluding hydrogens is 492 g/mol. The fourth-order valence-electron chi connectivity index (χ4n) is 3.67. The molecule has 0 saturated carbocycles. The summed E-state index contributed by atoms with van der Waals surface area (Å²) in [7, 11) is 0. The van der Waals surface area contributed by atoms with Gasteiger partial charge in [-0.25, -0.2) is 10.4 Å². The van der Waals surface area contributed by atoms with Crippen LogP contribution in [0.5, 0.6) is 5.75 Å². The zero-order valence-electron chi connectivity index (χ0n) is 17.8. The highest BCUT2D eigenvalue weighted by atomic mass is 79.9. The minimum absolute atomic E-state index is 0.0636. The third kappa shape index (κ3) is 4.98. The average Bonchev–Trinajstić information content (AvgIpc) is 3.16. The molecule has 2 aliphatic rings. The van der Waals surface area contributed by atoms with Gasteiger partial charge in [0.1, 0.15) is 17.8 Å². The Morgan fingerprint density at radius 2 is 1.94 bits per heavy atom. The van der Waals surface area contributed by atoms with Gasteiger partial charge in [-0.3, -0.25) is 20.5 Å². The normalized spacial score (nSPS) is 22.3. The zero-order valence-corrected chi connectivity index (χ0v) is 20.2. The molecule has 0 aliphatic carbocycles. The second-order valence-corrected chi connectivity index (χ2v) is 9.31. The Labute approximate surface area is 199 Å². The molecule has 0 bridgehead atoms. The topological polar surface area (TPSA) is 102 Å². The molecule has 1 amide bonds. The van der Waals surface area contributed by atoms with Gasteiger partial charge in [-0.15, -0.1) is 0 Å². The smallest absolute Gasteiger partial charge is 0.234 e. The number of hydrogen-bond donors (Lipinski definition) is 4. The molecule has 2 aliphatic heterocycles. The summed E-state index contributed by atoms with van der Waals surface area (Å²) < 4.78 is 6.50. The van der Waals surface area contributed by atoms with Crippen LogP contribution in [0.4, 0.5) is 11.4 Å². The summed E-state index contributed by atoms with van der Waals surface area (Å²) in [5, 5.41) is 12.4. The van der Waals surface area contributed by atoms with Gasteiger partial charge in [0.15, 0.2) is 5.17 Å². The third-order valence-electron chi connectivity index (χ3n) is 5.20. The van der Waals surface area contributed by atoms with Crippen molar-refractivity contribution >= 4 is 56.0 Å². The maximum Gasteiger partial charge on any atom is 0.234 e. The van der Waals surface area contributed by atoms with Crippen molar-refractivity contribution in [2.45, 2.75) is 26.1 Å². The van der Waals surface area contributed by atoms with Crippen molar-refractivity contribution < 1.29 is 9.53 Å². The minimum atomic E-state index is -0.242. The summed E-state index contributed by atoms with van der Waals surface area (Å²) in [6, 6.07) is 15.1. The van der Waals surface area contributed by atoms with Crippen LogP contribution in [0.1, 0.15) is 13.8 Å². The highest BCUT2D eigenvalue weighted by Gasteiger charge is 2.43. The number of amides is 1. The van der Waals surface area contributed by atoms with E-state index in [1.54, 1.807) is 0 Å². The SMILES string of the molecule is CCOc1ccc(N2C(=N)C3C(C)NNC3N=C2SCC(=O)Nc2ccc(Br)cc2)cc1. The molecule has 4 rings (SSSR count). The van der Waals surface area contributed by atoms with Crippen LogP contribution < -0.4 is 25.8 Å². The molecule has 0 aromatic heterocycles. The highest BCUT2D eigenvalue weighted by molar-refractivity contribution is 9.10. The van der Waals surface area contributed by atoms with Crippen molar-refractivity contribution in [2.75, 3.05) is 22.6 Å². The van der Waals surface area contributed by atoms with E-state index in [9.17, 15) is 4.79 Å². The minimum Gasteiger partial charge on any atom is -0.494 e. The summed E-state index contributed by atoms with van der Waals surface area (Å²) >= 11 is 4.71. The van der Waals surface area contributed by atoms with Crippen LogP contribution in [0.3, 0.4) is 0 Å². The molecule has 2 aromatic rings. The van der Waals surface area contributed by atoms with Crippen molar-refractivity contribution in [1.82, 2.24) is 10.9 Å². The van der Waals surface area contributed by atoms with Crippen molar-refractivity contribution in [2.24, 2.45) is 10.9 Å². The van der Waals surface area contributed by atoms with Crippen LogP contribution in [0, 0.1) is 11.3 Å². The maximum atomic E-state index is 12.5. The predicted molar refractivity (Wildman–Crippen MR) is 133 cm³/mol. The summed E-state index contributed by atoms with van der Waals surface area (Å²) in [5.74, 6) is 1.15. The lowest BCUT2D eigenvalue weighted by Crippen LogP contribution is -2.50. The van der Waals surface area contributed by atoms with E-state index in [0.29, 0.717) is 17.6 Å². The van der Waals surface area contributed by atoms with E-state index in [1.807, 2.05) is 67.3 Å². The molecule has 4 N–H and O–H groups in total. The summed E-state index contributed by atoms with van der Waals surface area (Å²) in [6.07, 6.45) is -0.242. The number of halogens is 1. The molecule has 2 aromatic carbocycles. The van der Waals surface area contributed by atoms with Gasteiger partial charge in [-0.2, -0.15) is 0 Å². The first-order valence-electron chi connectivity index (χ1n) is 10.3. The number of rotatable bonds is 6. The molecule has 3 atom stereocenters. The third-order valence-corrected chi connectivity index (χ3v) is 6.68. The first-order chi connectivity index (χ1) is 15.5. The lowest BCUT2D eigenvalue weighted by molar-refractivity contribution is -0.113. The van der Waals surface area contributed by atoms with Crippen molar-refractivity contribution in [1.29, 1.82) is 5.41 Å². The number of aliphatic imine (C=N–C) groups is 1. The number of anilines is 2. The van der Waals surface area contributed by atoms with Gasteiger partial charge in [-0.1, -0.05) is 27.7 Å². The van der Waals surface area contributed by atoms with Gasteiger partial charge >= 0.3 is 0 Å². The fourth-order valence-corrected chi connectivity index (χ4v) is 4.79. The largest absolute Gasteiger partial charge is 0.494 e. The Kier molecular flexibility index (Phi) is 7.14. The summed E-state index contributed by atoms with van der Waals surface area (Å²) in [6.45, 7) is 4.56. The number of fused-ring (bicyclic) bond motifs is 1. The van der Waals surface area contributed by atoms with E-state index >= 15 is 0 Å². The van der Waals surface area contributed by atoms with Gasteiger partial charge in [0, 0.05) is 21.9 Å². The molecule has 1 saturated heterocycles. The standard InChI is InChI=1S/C22H25BrN6O2S/c1-3-31-17-10-8-16(9-11-17)29-20(24)19-13(2)27-28-21(19)26-22(29)32-12-18(30)25-15-6-4-14(23)5-7-15/h4-11,13,19,21,24,27-28H,3,12H2,1-2H3,(H,25,30). The predicted octanol–water partition coefficient (Wildman–Crippen LogP) is 3.81. The Hall–Kier alpha value is -2.40. The number of nitrogens with one attached hydrogen (secondary N) is 4. The van der Waals surface area contributed by atoms with Crippen LogP contribution in [0.25, 0.3) is 0 Å². The molecule has 1 fully saturated rings. The number of carbonyl (C=O) groups is 1. The number of hydrogen-bond acceptors (Lipinski definition) is 7. The zero-order chi connectivity index (χ0) is 22.7. The molecule has 168 valence electrons. The van der Waals surface area contributed by atoms with Gasteiger partial charge in [-0.05, 0) is 62.4 Å². The molecule has 32 heavy (non-hydrogen) atoms. The molecule has 8 nitrogen and oxygen atoms in total. The van der Waals surface area contributed by atoms with Crippen LogP contribution in [-0.2, 0) is 4.79 Å². The first-order valence-corrected chi connectivity index (χ1v) is 12.1. The van der Waals surface area contributed by atoms with E-state index in [-0.39, 0.29) is 29.8 Å². The van der Waals surface area contributed by atoms with E-state index in [2.05, 4.69) is 32.1 Å². The molecule has 0 radical (unpaired) electrons. The Bertz CT molecular complexity index is 1010. The second-order valence-electron chi connectivity index (χ2n) is 7.45. The molecular formula is C22H25BrN6O2S. The molecule has 2 heterocycles. The lowest BCUT2D eigenvalue weighted by atomic mass is 9.97. The monoisotopic (exact) mass is 516 g/mol. The maximum absolute atomic E-state index is 12.5. The van der Waals surface area contributed by atoms with Crippen LogP contribution in [0.2, 0.25) is 0 Å². The van der Waals surface area contributed by atoms with Crippen molar-refractivity contribution in [3.8, 4) is 5.75 Å². The lowest BCUT2D eigenvalue weighted by Gasteiger charge is -2.36. The number of thioether (sulfide) groups is 1. The van der Waals surface area contributed by atoms with Gasteiger partial charge in [0.05, 0.1) is 18.3 Å². The Morgan fingerprint density at radius 3 is 2.62 bits per heavy atom. The van der Waals surface area contributed by atoms with Crippen LogP contribution in [-0.4, -0.2) is 41.5 Å². The molecule has 10 heteroatoms. The van der Waals surface area contributed by atoms with E-state index in [4.69, 9.17) is 15.1 Å². The van der Waals surface area contributed by atoms with Gasteiger partial charge in [0.25, 0.3) is 0 Å². The van der Waals surface area contributed by atoms with Crippen molar-refractivity contribution in [3.63, 3.8) is 0 Å². The quantitative estimate of drug-likeness (QED) is 0.465. The van der Waals surface area contributed by atoms with E-state index < -0.39 is 0 Å². The number of carbonyl (C=O) groups excluding carboxylic acids is 1. The Balaban J connectivity index is 1.52. The number of benzene rings is 2. The van der Waals surface area contributed by atoms with E-state index in [0.717, 1.165) is 21.6 Å². The number of ether oxygens (including phenoxy) is 1. The Morgan fingerprint density at radius 1 is 1.22 bits per heavy atom. The van der Waals surface area contributed by atoms with Gasteiger partial charge < -0.3 is 10.1 Å². The summed E-state index contributed by atoms with van der Waals surface area (Å²) in [4.78, 5) is 19.2. The number of hydrazine groups is 1. The molecule has 3 unspecified atom stereocenters. The average molecular weight is 517 g/mol. The van der Waals surface area contributed by atoms with Crippen molar-refractivity contribution in [3.05, 3.63) is 53.0 Å². The van der Waals surface area contributed by atoms with Gasteiger partial charge in [0.2, 0.25) is 5.91 Å².